The van der Waals surface area contributed by atoms with Crippen molar-refractivity contribution in [1.29, 1.82) is 5.26 Å². The minimum absolute atomic E-state index is 0.0213. The van der Waals surface area contributed by atoms with E-state index in [0.29, 0.717) is 23.1 Å². The number of rotatable bonds is 5. The maximum absolute atomic E-state index is 13.0. The van der Waals surface area contributed by atoms with Gasteiger partial charge in [-0.25, -0.2) is 4.79 Å². The molecule has 0 saturated carbocycles. The molecule has 0 bridgehead atoms. The molecule has 0 fully saturated rings. The van der Waals surface area contributed by atoms with E-state index >= 15 is 0 Å². The summed E-state index contributed by atoms with van der Waals surface area (Å²) < 4.78 is 1.14. The lowest BCUT2D eigenvalue weighted by molar-refractivity contribution is 0.404. The average Bonchev–Trinajstić information content (AvgIpc) is 3.14. The number of aromatic amines is 2. The van der Waals surface area contributed by atoms with E-state index in [9.17, 15) is 20.0 Å². The molecule has 0 spiro atoms. The lowest BCUT2D eigenvalue weighted by Crippen LogP contribution is -2.22. The van der Waals surface area contributed by atoms with Gasteiger partial charge < -0.3 is 15.1 Å². The van der Waals surface area contributed by atoms with Crippen molar-refractivity contribution in [2.75, 3.05) is 0 Å². The summed E-state index contributed by atoms with van der Waals surface area (Å²) in [5.74, 6) is -0.383. The molecular weight excluding hydrogens is 396 g/mol. The predicted octanol–water partition coefficient (Wildman–Crippen LogP) is 3.56. The number of pyridine rings is 1. The first-order valence-corrected chi connectivity index (χ1v) is 9.52. The molecule has 4 aromatic rings. The molecular formula is C22H18N6O3. The van der Waals surface area contributed by atoms with E-state index < -0.39 is 5.56 Å². The number of azo groups is 1. The largest absolute Gasteiger partial charge is 0.493 e. The number of aromatic hydroxyl groups is 1. The standard InChI is InChI=1S/C22H18N6O3/c1-13-16(12-23)20(29)28(10-9-14-5-3-2-4-6-14)21(30)19(13)27-26-15-7-8-17-18(11-15)25-22(31)24-17/h2-8,11,29H,9-10H2,1H3,(H2,24,25,31). The van der Waals surface area contributed by atoms with E-state index in [2.05, 4.69) is 20.2 Å². The number of aromatic nitrogens is 3. The van der Waals surface area contributed by atoms with Gasteiger partial charge in [0.15, 0.2) is 5.69 Å². The molecule has 0 unspecified atom stereocenters. The third kappa shape index (κ3) is 3.86. The van der Waals surface area contributed by atoms with Gasteiger partial charge in [0.25, 0.3) is 5.56 Å². The number of fused-ring (bicyclic) bond motifs is 1. The summed E-state index contributed by atoms with van der Waals surface area (Å²) in [5, 5.41) is 28.2. The first-order chi connectivity index (χ1) is 15.0. The second-order valence-corrected chi connectivity index (χ2v) is 6.99. The summed E-state index contributed by atoms with van der Waals surface area (Å²) in [5.41, 5.74) is 1.93. The molecule has 0 aliphatic heterocycles. The Morgan fingerprint density at radius 2 is 1.81 bits per heavy atom. The zero-order valence-corrected chi connectivity index (χ0v) is 16.6. The first-order valence-electron chi connectivity index (χ1n) is 9.52. The summed E-state index contributed by atoms with van der Waals surface area (Å²) in [4.78, 5) is 29.7. The lowest BCUT2D eigenvalue weighted by atomic mass is 10.1. The second kappa shape index (κ2) is 8.12. The number of hydrogen-bond acceptors (Lipinski definition) is 6. The minimum atomic E-state index is -0.537. The molecule has 0 radical (unpaired) electrons. The van der Waals surface area contributed by atoms with E-state index in [1.165, 1.54) is 0 Å². The van der Waals surface area contributed by atoms with Crippen LogP contribution in [0.5, 0.6) is 5.88 Å². The van der Waals surface area contributed by atoms with Gasteiger partial charge in [0.05, 0.1) is 16.7 Å². The number of aryl methyl sites for hydroxylation is 1. The maximum Gasteiger partial charge on any atom is 0.323 e. The Labute approximate surface area is 176 Å². The Balaban J connectivity index is 1.73. The van der Waals surface area contributed by atoms with Crippen molar-refractivity contribution in [3.8, 4) is 11.9 Å². The third-order valence-electron chi connectivity index (χ3n) is 5.00. The molecule has 154 valence electrons. The zero-order valence-electron chi connectivity index (χ0n) is 16.6. The second-order valence-electron chi connectivity index (χ2n) is 6.99. The van der Waals surface area contributed by atoms with Gasteiger partial charge in [-0.1, -0.05) is 30.3 Å². The first kappa shape index (κ1) is 19.8. The van der Waals surface area contributed by atoms with Crippen LogP contribution in [-0.4, -0.2) is 19.6 Å². The summed E-state index contributed by atoms with van der Waals surface area (Å²) in [6.07, 6.45) is 0.496. The van der Waals surface area contributed by atoms with Gasteiger partial charge in [0, 0.05) is 12.1 Å². The molecule has 0 aliphatic carbocycles. The zero-order chi connectivity index (χ0) is 22.0. The molecule has 0 aliphatic rings. The summed E-state index contributed by atoms with van der Waals surface area (Å²) >= 11 is 0. The van der Waals surface area contributed by atoms with Gasteiger partial charge in [-0.05, 0) is 37.1 Å². The summed E-state index contributed by atoms with van der Waals surface area (Å²) in [7, 11) is 0. The lowest BCUT2D eigenvalue weighted by Gasteiger charge is -2.13. The topological polar surface area (TPSA) is 139 Å². The van der Waals surface area contributed by atoms with Gasteiger partial charge in [0.2, 0.25) is 5.88 Å². The van der Waals surface area contributed by atoms with Crippen molar-refractivity contribution in [3.05, 3.63) is 86.1 Å². The molecule has 9 nitrogen and oxygen atoms in total. The van der Waals surface area contributed by atoms with E-state index in [4.69, 9.17) is 0 Å². The number of imidazole rings is 1. The van der Waals surface area contributed by atoms with Crippen LogP contribution in [-0.2, 0) is 13.0 Å². The molecule has 2 aromatic carbocycles. The van der Waals surface area contributed by atoms with Crippen molar-refractivity contribution in [1.82, 2.24) is 14.5 Å². The molecule has 0 amide bonds. The predicted molar refractivity (Wildman–Crippen MR) is 115 cm³/mol. The molecule has 0 saturated heterocycles. The quantitative estimate of drug-likeness (QED) is 0.430. The van der Waals surface area contributed by atoms with Crippen LogP contribution in [0.15, 0.2) is 68.3 Å². The van der Waals surface area contributed by atoms with Crippen molar-refractivity contribution < 1.29 is 5.11 Å². The molecule has 0 atom stereocenters. The Morgan fingerprint density at radius 3 is 2.55 bits per heavy atom. The van der Waals surface area contributed by atoms with Crippen LogP contribution in [0.3, 0.4) is 0 Å². The maximum atomic E-state index is 13.0. The van der Waals surface area contributed by atoms with Crippen LogP contribution in [0.25, 0.3) is 11.0 Å². The van der Waals surface area contributed by atoms with Gasteiger partial charge in [-0.2, -0.15) is 10.4 Å². The summed E-state index contributed by atoms with van der Waals surface area (Å²) in [6.45, 7) is 1.73. The Morgan fingerprint density at radius 1 is 1.06 bits per heavy atom. The highest BCUT2D eigenvalue weighted by Crippen LogP contribution is 2.27. The van der Waals surface area contributed by atoms with Crippen LogP contribution in [0.4, 0.5) is 11.4 Å². The molecule has 9 heteroatoms. The van der Waals surface area contributed by atoms with E-state index in [1.807, 2.05) is 36.4 Å². The third-order valence-corrected chi connectivity index (χ3v) is 5.00. The van der Waals surface area contributed by atoms with Crippen LogP contribution in [0, 0.1) is 18.3 Å². The van der Waals surface area contributed by atoms with Gasteiger partial charge in [-0.3, -0.25) is 9.36 Å². The average molecular weight is 414 g/mol. The van der Waals surface area contributed by atoms with E-state index in [1.54, 1.807) is 25.1 Å². The number of nitrogens with one attached hydrogen (secondary N) is 2. The fourth-order valence-corrected chi connectivity index (χ4v) is 3.34. The normalized spacial score (nSPS) is 11.2. The number of nitrogens with zero attached hydrogens (tertiary/aromatic N) is 4. The number of hydrogen-bond donors (Lipinski definition) is 3. The number of H-pyrrole nitrogens is 2. The van der Waals surface area contributed by atoms with Crippen molar-refractivity contribution in [3.63, 3.8) is 0 Å². The number of benzene rings is 2. The van der Waals surface area contributed by atoms with Crippen molar-refractivity contribution >= 4 is 22.4 Å². The van der Waals surface area contributed by atoms with Crippen LogP contribution in [0.2, 0.25) is 0 Å². The monoisotopic (exact) mass is 414 g/mol. The Kier molecular flexibility index (Phi) is 5.20. The smallest absolute Gasteiger partial charge is 0.323 e. The fraction of sp³-hybridized carbons (Fsp3) is 0.136. The fourth-order valence-electron chi connectivity index (χ4n) is 3.34. The van der Waals surface area contributed by atoms with Gasteiger partial charge >= 0.3 is 5.69 Å². The van der Waals surface area contributed by atoms with Crippen molar-refractivity contribution in [2.45, 2.75) is 19.9 Å². The Hall–Kier alpha value is -4.45. The molecule has 3 N–H and O–H groups in total. The SMILES string of the molecule is Cc1c(C#N)c(O)n(CCc2ccccc2)c(=O)c1N=Nc1ccc2[nH]c(=O)[nH]c2c1. The minimum Gasteiger partial charge on any atom is -0.493 e. The summed E-state index contributed by atoms with van der Waals surface area (Å²) in [6, 6.07) is 16.4. The van der Waals surface area contributed by atoms with Crippen LogP contribution in [0.1, 0.15) is 16.7 Å². The number of nitriles is 1. The molecule has 2 heterocycles. The van der Waals surface area contributed by atoms with E-state index in [0.717, 1.165) is 10.1 Å². The Bertz CT molecular complexity index is 1460. The molecule has 4 rings (SSSR count). The van der Waals surface area contributed by atoms with E-state index in [-0.39, 0.29) is 34.9 Å². The van der Waals surface area contributed by atoms with Gasteiger partial charge in [-0.15, -0.1) is 5.11 Å². The van der Waals surface area contributed by atoms with Crippen molar-refractivity contribution in [2.24, 2.45) is 10.2 Å². The highest BCUT2D eigenvalue weighted by molar-refractivity contribution is 5.77. The highest BCUT2D eigenvalue weighted by atomic mass is 16.3. The highest BCUT2D eigenvalue weighted by Gasteiger charge is 2.19. The molecule has 2 aromatic heterocycles. The van der Waals surface area contributed by atoms with Gasteiger partial charge in [0.1, 0.15) is 11.6 Å². The van der Waals surface area contributed by atoms with Crippen LogP contribution < -0.4 is 11.2 Å². The van der Waals surface area contributed by atoms with Crippen LogP contribution >= 0.6 is 0 Å². The molecule has 31 heavy (non-hydrogen) atoms.